The molecule has 0 saturated carbocycles. The summed E-state index contributed by atoms with van der Waals surface area (Å²) in [6.07, 6.45) is 8.95. The van der Waals surface area contributed by atoms with Crippen molar-refractivity contribution in [3.05, 3.63) is 29.3 Å². The molecule has 0 spiro atoms. The van der Waals surface area contributed by atoms with Crippen LogP contribution in [0, 0.1) is 17.8 Å². The number of ether oxygens (including phenoxy) is 3. The van der Waals surface area contributed by atoms with Crippen LogP contribution in [0.2, 0.25) is 0 Å². The highest BCUT2D eigenvalue weighted by atomic mass is 16.6. The molecule has 0 fully saturated rings. The number of hydrogen-bond donors (Lipinski definition) is 2. The summed E-state index contributed by atoms with van der Waals surface area (Å²) in [4.78, 5) is 12.4. The molecule has 2 N–H and O–H groups in total. The first-order chi connectivity index (χ1) is 17.3. The van der Waals surface area contributed by atoms with E-state index in [9.17, 15) is 15.0 Å². The number of methoxy groups -OCH3 is 1. The summed E-state index contributed by atoms with van der Waals surface area (Å²) in [6, 6.07) is 6.08. The van der Waals surface area contributed by atoms with E-state index in [1.165, 1.54) is 18.2 Å². The number of fused-ring (bicyclic) bond motifs is 1. The molecule has 1 aliphatic carbocycles. The van der Waals surface area contributed by atoms with Crippen molar-refractivity contribution in [2.45, 2.75) is 117 Å². The summed E-state index contributed by atoms with van der Waals surface area (Å²) in [7, 11) is 1.45. The van der Waals surface area contributed by atoms with E-state index in [0.29, 0.717) is 5.92 Å². The van der Waals surface area contributed by atoms with Gasteiger partial charge >= 0.3 is 5.97 Å². The van der Waals surface area contributed by atoms with E-state index in [1.807, 2.05) is 26.0 Å². The van der Waals surface area contributed by atoms with Gasteiger partial charge in [-0.3, -0.25) is 4.79 Å². The monoisotopic (exact) mass is 506 g/mol. The zero-order valence-electron chi connectivity index (χ0n) is 23.2. The molecule has 206 valence electrons. The summed E-state index contributed by atoms with van der Waals surface area (Å²) < 4.78 is 16.6. The van der Waals surface area contributed by atoms with Gasteiger partial charge in [0.1, 0.15) is 18.5 Å². The van der Waals surface area contributed by atoms with Crippen LogP contribution in [-0.2, 0) is 27.1 Å². The van der Waals surface area contributed by atoms with Crippen molar-refractivity contribution >= 4 is 5.97 Å². The Morgan fingerprint density at radius 3 is 2.58 bits per heavy atom. The van der Waals surface area contributed by atoms with Gasteiger partial charge in [0, 0.05) is 7.11 Å². The molecule has 2 rings (SSSR count). The lowest BCUT2D eigenvalue weighted by atomic mass is 9.79. The van der Waals surface area contributed by atoms with Crippen molar-refractivity contribution in [3.63, 3.8) is 0 Å². The average molecular weight is 507 g/mol. The molecule has 0 bridgehead atoms. The van der Waals surface area contributed by atoms with Crippen LogP contribution in [-0.4, -0.2) is 48.4 Å². The van der Waals surface area contributed by atoms with Gasteiger partial charge in [-0.05, 0) is 86.8 Å². The molecule has 6 nitrogen and oxygen atoms in total. The molecule has 0 aliphatic heterocycles. The van der Waals surface area contributed by atoms with Gasteiger partial charge in [-0.15, -0.1) is 0 Å². The molecule has 0 aromatic heterocycles. The zero-order valence-corrected chi connectivity index (χ0v) is 23.2. The van der Waals surface area contributed by atoms with Crippen LogP contribution in [0.1, 0.15) is 96.6 Å². The summed E-state index contributed by atoms with van der Waals surface area (Å²) in [5.74, 6) is 1.17. The molecule has 1 aliphatic rings. The Labute approximate surface area is 218 Å². The molecule has 1 aromatic carbocycles. The number of carbonyl (C=O) groups is 1. The minimum Gasteiger partial charge on any atom is -0.488 e. The Bertz CT molecular complexity index is 766. The van der Waals surface area contributed by atoms with Crippen LogP contribution in [0.4, 0.5) is 0 Å². The van der Waals surface area contributed by atoms with Crippen LogP contribution >= 0.6 is 0 Å². The number of esters is 1. The molecule has 6 heteroatoms. The fourth-order valence-corrected chi connectivity index (χ4v) is 4.94. The molecule has 0 heterocycles. The van der Waals surface area contributed by atoms with Gasteiger partial charge < -0.3 is 24.4 Å². The number of unbranched alkanes of at least 4 members (excludes halogenated alkanes) is 2. The van der Waals surface area contributed by atoms with Crippen LogP contribution in [0.15, 0.2) is 18.2 Å². The van der Waals surface area contributed by atoms with Gasteiger partial charge in [-0.25, -0.2) is 0 Å². The van der Waals surface area contributed by atoms with E-state index in [0.717, 1.165) is 76.4 Å². The van der Waals surface area contributed by atoms with Gasteiger partial charge in [-0.1, -0.05) is 52.7 Å². The molecule has 0 saturated heterocycles. The number of carbonyl (C=O) groups excluding carboxylic acids is 1. The van der Waals surface area contributed by atoms with Gasteiger partial charge in [0.15, 0.2) is 6.29 Å². The third-order valence-corrected chi connectivity index (χ3v) is 7.80. The first kappa shape index (κ1) is 30.6. The topological polar surface area (TPSA) is 85.2 Å². The fraction of sp³-hybridized carbons (Fsp3) is 0.767. The average Bonchev–Trinajstić information content (AvgIpc) is 2.89. The summed E-state index contributed by atoms with van der Waals surface area (Å²) in [5.41, 5.74) is 2.47. The maximum absolute atomic E-state index is 12.4. The van der Waals surface area contributed by atoms with Crippen molar-refractivity contribution < 1.29 is 29.2 Å². The Kier molecular flexibility index (Phi) is 13.8. The van der Waals surface area contributed by atoms with E-state index in [1.54, 1.807) is 0 Å². The third kappa shape index (κ3) is 10.0. The van der Waals surface area contributed by atoms with Crippen molar-refractivity contribution in [1.29, 1.82) is 0 Å². The largest absolute Gasteiger partial charge is 0.488 e. The maximum Gasteiger partial charge on any atom is 0.308 e. The molecule has 0 amide bonds. The van der Waals surface area contributed by atoms with Crippen molar-refractivity contribution in [3.8, 4) is 5.75 Å². The van der Waals surface area contributed by atoms with Gasteiger partial charge in [0.2, 0.25) is 0 Å². The summed E-state index contributed by atoms with van der Waals surface area (Å²) >= 11 is 0. The molecule has 0 radical (unpaired) electrons. The molecular weight excluding hydrogens is 456 g/mol. The Morgan fingerprint density at radius 2 is 1.89 bits per heavy atom. The predicted molar refractivity (Wildman–Crippen MR) is 143 cm³/mol. The third-order valence-electron chi connectivity index (χ3n) is 7.80. The Hall–Kier alpha value is -1.63. The number of hydrogen-bond acceptors (Lipinski definition) is 6. The molecule has 6 atom stereocenters. The van der Waals surface area contributed by atoms with Crippen molar-refractivity contribution in [2.24, 2.45) is 17.8 Å². The number of aliphatic hydroxyl groups is 2. The van der Waals surface area contributed by atoms with Crippen LogP contribution in [0.25, 0.3) is 0 Å². The number of rotatable bonds is 17. The van der Waals surface area contributed by atoms with Crippen LogP contribution < -0.4 is 4.74 Å². The van der Waals surface area contributed by atoms with E-state index in [2.05, 4.69) is 19.9 Å². The Morgan fingerprint density at radius 1 is 1.11 bits per heavy atom. The predicted octanol–water partition coefficient (Wildman–Crippen LogP) is 5.84. The normalized spacial score (nSPS) is 19.6. The summed E-state index contributed by atoms with van der Waals surface area (Å²) in [5, 5.41) is 20.7. The minimum absolute atomic E-state index is 0.0589. The highest BCUT2D eigenvalue weighted by molar-refractivity contribution is 5.72. The highest BCUT2D eigenvalue weighted by Gasteiger charge is 2.27. The Balaban J connectivity index is 1.90. The maximum atomic E-state index is 12.4. The lowest BCUT2D eigenvalue weighted by molar-refractivity contribution is -0.154. The lowest BCUT2D eigenvalue weighted by Crippen LogP contribution is -2.27. The van der Waals surface area contributed by atoms with E-state index in [4.69, 9.17) is 14.2 Å². The smallest absolute Gasteiger partial charge is 0.308 e. The number of aliphatic hydroxyl groups excluding tert-OH is 2. The van der Waals surface area contributed by atoms with E-state index < -0.39 is 6.29 Å². The highest BCUT2D eigenvalue weighted by Crippen LogP contribution is 2.35. The number of aryl methyl sites for hydroxylation is 1. The SMILES string of the molecule is CCCCC[C@@H](CC[C@H](C)[C@H](O)C[C@H]1CCc2cccc(OCC(O)OC)c2C1)OC(=O)[C@@H](C)CC. The molecule has 1 aromatic rings. The number of benzene rings is 1. The van der Waals surface area contributed by atoms with Crippen LogP contribution in [0.5, 0.6) is 5.75 Å². The van der Waals surface area contributed by atoms with Gasteiger partial charge in [-0.2, -0.15) is 0 Å². The fourth-order valence-electron chi connectivity index (χ4n) is 4.94. The van der Waals surface area contributed by atoms with Crippen molar-refractivity contribution in [1.82, 2.24) is 0 Å². The second-order valence-corrected chi connectivity index (χ2v) is 10.7. The lowest BCUT2D eigenvalue weighted by Gasteiger charge is -2.30. The first-order valence-corrected chi connectivity index (χ1v) is 14.1. The summed E-state index contributed by atoms with van der Waals surface area (Å²) in [6.45, 7) is 8.33. The van der Waals surface area contributed by atoms with Crippen LogP contribution in [0.3, 0.4) is 0 Å². The van der Waals surface area contributed by atoms with Crippen molar-refractivity contribution in [2.75, 3.05) is 13.7 Å². The zero-order chi connectivity index (χ0) is 26.5. The first-order valence-electron chi connectivity index (χ1n) is 14.1. The quantitative estimate of drug-likeness (QED) is 0.157. The standard InChI is InChI=1S/C30H50O6/c1-6-8-9-12-25(36-30(33)21(3)7-2)17-14-22(4)27(31)19-23-15-16-24-11-10-13-28(26(24)18-23)35-20-29(32)34-5/h10-11,13,21-23,25,27,29,31-32H,6-9,12,14-20H2,1-5H3/t21-,22-,23-,25-,27+,29?/m0/s1. The van der Waals surface area contributed by atoms with E-state index in [-0.39, 0.29) is 36.6 Å². The second-order valence-electron chi connectivity index (χ2n) is 10.7. The second kappa shape index (κ2) is 16.3. The van der Waals surface area contributed by atoms with Gasteiger partial charge in [0.25, 0.3) is 0 Å². The molecule has 36 heavy (non-hydrogen) atoms. The molecular formula is C30H50O6. The minimum atomic E-state index is -0.946. The van der Waals surface area contributed by atoms with Gasteiger partial charge in [0.05, 0.1) is 12.0 Å². The van der Waals surface area contributed by atoms with E-state index >= 15 is 0 Å². The molecule has 1 unspecified atom stereocenters.